The van der Waals surface area contributed by atoms with E-state index >= 15 is 0 Å². The topological polar surface area (TPSA) is 54.5 Å². The molecule has 0 bridgehead atoms. The maximum Gasteiger partial charge on any atom is 0.341 e. The van der Waals surface area contributed by atoms with E-state index in [4.69, 9.17) is 4.74 Å². The number of anilines is 1. The third kappa shape index (κ3) is 6.02. The molecule has 0 amide bonds. The van der Waals surface area contributed by atoms with Gasteiger partial charge in [-0.1, -0.05) is 13.8 Å². The lowest BCUT2D eigenvalue weighted by Gasteiger charge is -2.20. The molecule has 1 N–H and O–H groups in total. The van der Waals surface area contributed by atoms with Crippen molar-refractivity contribution in [2.45, 2.75) is 46.6 Å². The molecule has 0 aliphatic rings. The lowest BCUT2D eigenvalue weighted by Crippen LogP contribution is -2.26. The Hall–Kier alpha value is -1.62. The third-order valence-electron chi connectivity index (χ3n) is 3.69. The number of aromatic nitrogens is 1. The zero-order valence-corrected chi connectivity index (χ0v) is 14.3. The quantitative estimate of drug-likeness (QED) is 0.673. The molecule has 1 atom stereocenters. The Bertz CT molecular complexity index is 447. The summed E-state index contributed by atoms with van der Waals surface area (Å²) in [6.07, 6.45) is 3.85. The van der Waals surface area contributed by atoms with Gasteiger partial charge in [-0.2, -0.15) is 0 Å². The van der Waals surface area contributed by atoms with Gasteiger partial charge in [0.25, 0.3) is 0 Å². The minimum Gasteiger partial charge on any atom is -0.462 e. The van der Waals surface area contributed by atoms with Gasteiger partial charge in [-0.3, -0.25) is 0 Å². The summed E-state index contributed by atoms with van der Waals surface area (Å²) in [5.41, 5.74) is 0.500. The van der Waals surface area contributed by atoms with Crippen molar-refractivity contribution < 1.29 is 9.53 Å². The predicted molar refractivity (Wildman–Crippen MR) is 90.3 cm³/mol. The van der Waals surface area contributed by atoms with Crippen molar-refractivity contribution in [2.24, 2.45) is 0 Å². The fraction of sp³-hybridized carbons (Fsp3) is 0.647. The number of nitrogens with one attached hydrogen (secondary N) is 1. The van der Waals surface area contributed by atoms with Gasteiger partial charge < -0.3 is 15.0 Å². The average Bonchev–Trinajstić information content (AvgIpc) is 2.52. The highest BCUT2D eigenvalue weighted by atomic mass is 16.5. The van der Waals surface area contributed by atoms with E-state index in [9.17, 15) is 4.79 Å². The van der Waals surface area contributed by atoms with E-state index in [1.54, 1.807) is 25.3 Å². The van der Waals surface area contributed by atoms with Crippen molar-refractivity contribution in [3.05, 3.63) is 23.9 Å². The van der Waals surface area contributed by atoms with E-state index in [0.29, 0.717) is 18.0 Å². The van der Waals surface area contributed by atoms with Crippen molar-refractivity contribution in [2.75, 3.05) is 31.6 Å². The lowest BCUT2D eigenvalue weighted by atomic mass is 10.1. The molecule has 0 saturated carbocycles. The summed E-state index contributed by atoms with van der Waals surface area (Å²) in [6, 6.07) is 3.76. The largest absolute Gasteiger partial charge is 0.462 e. The van der Waals surface area contributed by atoms with Crippen LogP contribution in [0.2, 0.25) is 0 Å². The highest BCUT2D eigenvalue weighted by Crippen LogP contribution is 2.15. The van der Waals surface area contributed by atoms with Crippen LogP contribution in [-0.4, -0.2) is 48.1 Å². The molecule has 0 fully saturated rings. The molecule has 0 aromatic carbocycles. The van der Waals surface area contributed by atoms with Gasteiger partial charge in [0.05, 0.1) is 6.61 Å². The molecule has 1 unspecified atom stereocenters. The molecule has 5 heteroatoms. The van der Waals surface area contributed by atoms with Crippen LogP contribution in [-0.2, 0) is 4.74 Å². The Balaban J connectivity index is 2.53. The summed E-state index contributed by atoms with van der Waals surface area (Å²) in [7, 11) is 0. The summed E-state index contributed by atoms with van der Waals surface area (Å²) >= 11 is 0. The van der Waals surface area contributed by atoms with Crippen LogP contribution in [0.5, 0.6) is 0 Å². The summed E-state index contributed by atoms with van der Waals surface area (Å²) in [5.74, 6) is 0.282. The molecule has 0 saturated heterocycles. The molecule has 0 radical (unpaired) electrons. The Morgan fingerprint density at radius 2 is 2.09 bits per heavy atom. The number of hydrogen-bond acceptors (Lipinski definition) is 5. The van der Waals surface area contributed by atoms with Crippen LogP contribution in [0.25, 0.3) is 0 Å². The molecule has 1 aromatic rings. The standard InChI is InChI=1S/C17H29N3O2/c1-5-20(6-2)13-9-10-14(4)19-16-15(11-8-12-18-16)17(21)22-7-3/h8,11-12,14H,5-7,9-10,13H2,1-4H3,(H,18,19). The van der Waals surface area contributed by atoms with Crippen molar-refractivity contribution in [3.63, 3.8) is 0 Å². The highest BCUT2D eigenvalue weighted by Gasteiger charge is 2.14. The minimum absolute atomic E-state index is 0.263. The summed E-state index contributed by atoms with van der Waals surface area (Å²) in [5, 5.41) is 3.33. The molecule has 124 valence electrons. The lowest BCUT2D eigenvalue weighted by molar-refractivity contribution is 0.0527. The van der Waals surface area contributed by atoms with E-state index in [-0.39, 0.29) is 12.0 Å². The number of carbonyl (C=O) groups excluding carboxylic acids is 1. The first kappa shape index (κ1) is 18.4. The SMILES string of the molecule is CCOC(=O)c1cccnc1NC(C)CCCN(CC)CC. The normalized spacial score (nSPS) is 12.2. The fourth-order valence-electron chi connectivity index (χ4n) is 2.36. The summed E-state index contributed by atoms with van der Waals surface area (Å²) in [4.78, 5) is 18.6. The number of esters is 1. The van der Waals surface area contributed by atoms with Crippen LogP contribution in [0.4, 0.5) is 5.82 Å². The van der Waals surface area contributed by atoms with Gasteiger partial charge in [0.2, 0.25) is 0 Å². The molecule has 0 aliphatic heterocycles. The summed E-state index contributed by atoms with van der Waals surface area (Å²) < 4.78 is 5.07. The maximum absolute atomic E-state index is 11.9. The number of carbonyl (C=O) groups is 1. The van der Waals surface area contributed by atoms with E-state index in [0.717, 1.165) is 32.5 Å². The molecule has 22 heavy (non-hydrogen) atoms. The van der Waals surface area contributed by atoms with Crippen LogP contribution in [0.15, 0.2) is 18.3 Å². The second-order valence-electron chi connectivity index (χ2n) is 5.33. The van der Waals surface area contributed by atoms with Gasteiger partial charge in [0.15, 0.2) is 0 Å². The highest BCUT2D eigenvalue weighted by molar-refractivity contribution is 5.94. The molecule has 1 aromatic heterocycles. The Morgan fingerprint density at radius 1 is 1.36 bits per heavy atom. The fourth-order valence-corrected chi connectivity index (χ4v) is 2.36. The third-order valence-corrected chi connectivity index (χ3v) is 3.69. The predicted octanol–water partition coefficient (Wildman–Crippen LogP) is 3.18. The number of ether oxygens (including phenoxy) is 1. The van der Waals surface area contributed by atoms with Gasteiger partial charge in [-0.25, -0.2) is 9.78 Å². The van der Waals surface area contributed by atoms with Gasteiger partial charge in [0, 0.05) is 12.2 Å². The smallest absolute Gasteiger partial charge is 0.341 e. The van der Waals surface area contributed by atoms with E-state index in [1.807, 2.05) is 0 Å². The molecule has 1 heterocycles. The Labute approximate surface area is 134 Å². The van der Waals surface area contributed by atoms with Gasteiger partial charge in [-0.15, -0.1) is 0 Å². The monoisotopic (exact) mass is 307 g/mol. The molecular weight excluding hydrogens is 278 g/mol. The number of hydrogen-bond donors (Lipinski definition) is 1. The van der Waals surface area contributed by atoms with E-state index in [1.165, 1.54) is 0 Å². The molecule has 1 rings (SSSR count). The van der Waals surface area contributed by atoms with Gasteiger partial charge in [-0.05, 0) is 58.5 Å². The van der Waals surface area contributed by atoms with E-state index < -0.39 is 0 Å². The van der Waals surface area contributed by atoms with Crippen LogP contribution >= 0.6 is 0 Å². The molecule has 0 spiro atoms. The van der Waals surface area contributed by atoms with Crippen LogP contribution < -0.4 is 5.32 Å². The first-order valence-corrected chi connectivity index (χ1v) is 8.23. The first-order chi connectivity index (χ1) is 10.6. The summed E-state index contributed by atoms with van der Waals surface area (Å²) in [6.45, 7) is 11.9. The van der Waals surface area contributed by atoms with E-state index in [2.05, 4.69) is 36.0 Å². The minimum atomic E-state index is -0.326. The maximum atomic E-state index is 11.9. The second-order valence-corrected chi connectivity index (χ2v) is 5.33. The van der Waals surface area contributed by atoms with Crippen molar-refractivity contribution in [1.82, 2.24) is 9.88 Å². The molecule has 5 nitrogen and oxygen atoms in total. The Morgan fingerprint density at radius 3 is 2.73 bits per heavy atom. The second kappa shape index (κ2) is 10.2. The zero-order chi connectivity index (χ0) is 16.4. The molecule has 0 aliphatic carbocycles. The zero-order valence-electron chi connectivity index (χ0n) is 14.3. The molecular formula is C17H29N3O2. The number of pyridine rings is 1. The van der Waals surface area contributed by atoms with Crippen LogP contribution in [0.1, 0.15) is 50.9 Å². The van der Waals surface area contributed by atoms with Gasteiger partial charge >= 0.3 is 5.97 Å². The number of rotatable bonds is 10. The Kier molecular flexibility index (Phi) is 8.51. The van der Waals surface area contributed by atoms with Crippen molar-refractivity contribution in [1.29, 1.82) is 0 Å². The van der Waals surface area contributed by atoms with Crippen molar-refractivity contribution in [3.8, 4) is 0 Å². The van der Waals surface area contributed by atoms with Crippen LogP contribution in [0.3, 0.4) is 0 Å². The first-order valence-electron chi connectivity index (χ1n) is 8.23. The van der Waals surface area contributed by atoms with Gasteiger partial charge in [0.1, 0.15) is 11.4 Å². The number of nitrogens with zero attached hydrogens (tertiary/aromatic N) is 2. The van der Waals surface area contributed by atoms with Crippen LogP contribution in [0, 0.1) is 0 Å². The average molecular weight is 307 g/mol. The van der Waals surface area contributed by atoms with Crippen molar-refractivity contribution >= 4 is 11.8 Å².